The number of hydrogen-bond acceptors (Lipinski definition) is 10. The van der Waals surface area contributed by atoms with E-state index >= 15 is 0 Å². The summed E-state index contributed by atoms with van der Waals surface area (Å²) in [5.74, 6) is 6.14. The highest BCUT2D eigenvalue weighted by Gasteiger charge is 2.12. The molecule has 3 aromatic rings. The molecule has 3 heterocycles. The number of thioether (sulfide) groups is 1. The summed E-state index contributed by atoms with van der Waals surface area (Å²) < 4.78 is 1.24. The summed E-state index contributed by atoms with van der Waals surface area (Å²) in [5, 5.41) is 17.5. The molecule has 4 N–H and O–H groups in total. The summed E-state index contributed by atoms with van der Waals surface area (Å²) in [6, 6.07) is 3.69. The zero-order valence-electron chi connectivity index (χ0n) is 13.7. The molecular formula is C14H15N9OS2. The highest BCUT2D eigenvalue weighted by Crippen LogP contribution is 2.18. The molecule has 0 fully saturated rings. The van der Waals surface area contributed by atoms with Gasteiger partial charge in [-0.3, -0.25) is 9.78 Å². The first-order chi connectivity index (χ1) is 12.6. The summed E-state index contributed by atoms with van der Waals surface area (Å²) in [7, 11) is 0. The fraction of sp³-hybridized carbons (Fsp3) is 0.143. The van der Waals surface area contributed by atoms with E-state index in [1.54, 1.807) is 24.0 Å². The van der Waals surface area contributed by atoms with Crippen LogP contribution < -0.4 is 16.6 Å². The van der Waals surface area contributed by atoms with Gasteiger partial charge < -0.3 is 11.2 Å². The van der Waals surface area contributed by atoms with E-state index in [0.29, 0.717) is 10.3 Å². The largest absolute Gasteiger partial charge is 0.334 e. The first kappa shape index (κ1) is 17.8. The van der Waals surface area contributed by atoms with Gasteiger partial charge in [0.1, 0.15) is 0 Å². The van der Waals surface area contributed by atoms with Crippen LogP contribution in [0, 0.1) is 0 Å². The molecule has 1 amide bonds. The summed E-state index contributed by atoms with van der Waals surface area (Å²) in [6.07, 6.45) is 4.99. The Morgan fingerprint density at radius 2 is 2.15 bits per heavy atom. The van der Waals surface area contributed by atoms with E-state index in [4.69, 9.17) is 5.84 Å². The minimum atomic E-state index is -0.200. The number of carbonyl (C=O) groups excluding carboxylic acids is 1. The lowest BCUT2D eigenvalue weighted by atomic mass is 10.2. The van der Waals surface area contributed by atoms with E-state index in [9.17, 15) is 4.79 Å². The highest BCUT2D eigenvalue weighted by molar-refractivity contribution is 7.99. The predicted octanol–water partition coefficient (Wildman–Crippen LogP) is 1.41. The van der Waals surface area contributed by atoms with Crippen LogP contribution in [0.25, 0.3) is 0 Å². The zero-order valence-corrected chi connectivity index (χ0v) is 15.3. The average Bonchev–Trinajstić information content (AvgIpc) is 3.29. The number of hydrogen-bond donors (Lipinski definition) is 3. The maximum atomic E-state index is 11.9. The zero-order chi connectivity index (χ0) is 18.4. The molecule has 3 aromatic heterocycles. The second-order valence-corrected chi connectivity index (χ2v) is 6.73. The predicted molar refractivity (Wildman–Crippen MR) is 102 cm³/mol. The van der Waals surface area contributed by atoms with Gasteiger partial charge in [0.15, 0.2) is 5.13 Å². The van der Waals surface area contributed by atoms with Crippen molar-refractivity contribution >= 4 is 45.8 Å². The Morgan fingerprint density at radius 1 is 1.35 bits per heavy atom. The van der Waals surface area contributed by atoms with Crippen LogP contribution in [0.4, 0.5) is 11.1 Å². The van der Waals surface area contributed by atoms with Crippen LogP contribution >= 0.6 is 23.1 Å². The van der Waals surface area contributed by atoms with Gasteiger partial charge in [0.2, 0.25) is 11.1 Å². The van der Waals surface area contributed by atoms with Gasteiger partial charge in [0, 0.05) is 29.5 Å². The summed E-state index contributed by atoms with van der Waals surface area (Å²) in [6.45, 7) is 1.85. The van der Waals surface area contributed by atoms with Crippen LogP contribution in [0.1, 0.15) is 12.5 Å². The Kier molecular flexibility index (Phi) is 5.76. The first-order valence-corrected chi connectivity index (χ1v) is 9.23. The van der Waals surface area contributed by atoms with Crippen LogP contribution in [0.3, 0.4) is 0 Å². The number of rotatable bonds is 7. The minimum absolute atomic E-state index is 0.133. The summed E-state index contributed by atoms with van der Waals surface area (Å²) in [4.78, 5) is 19.8. The normalized spacial score (nSPS) is 11.3. The number of nitrogens with one attached hydrogen (secondary N) is 2. The average molecular weight is 389 g/mol. The van der Waals surface area contributed by atoms with Gasteiger partial charge >= 0.3 is 0 Å². The molecule has 0 spiro atoms. The monoisotopic (exact) mass is 389 g/mol. The van der Waals surface area contributed by atoms with Gasteiger partial charge in [0.25, 0.3) is 5.95 Å². The molecule has 0 aromatic carbocycles. The Balaban J connectivity index is 1.56. The van der Waals surface area contributed by atoms with Gasteiger partial charge in [-0.1, -0.05) is 11.8 Å². The van der Waals surface area contributed by atoms with Crippen LogP contribution in [0.15, 0.2) is 46.4 Å². The van der Waals surface area contributed by atoms with Gasteiger partial charge in [0.05, 0.1) is 11.5 Å². The SMILES string of the molecule is C/C(=N\Nc1nnc(SCC(=O)Nc2nccs2)n1N)c1ccncc1. The maximum Gasteiger partial charge on any atom is 0.264 e. The second-order valence-electron chi connectivity index (χ2n) is 4.90. The topological polar surface area (TPSA) is 136 Å². The Morgan fingerprint density at radius 3 is 2.88 bits per heavy atom. The van der Waals surface area contributed by atoms with Gasteiger partial charge in [-0.15, -0.1) is 21.5 Å². The van der Waals surface area contributed by atoms with Crippen molar-refractivity contribution < 1.29 is 4.79 Å². The van der Waals surface area contributed by atoms with Crippen molar-refractivity contribution in [3.63, 3.8) is 0 Å². The van der Waals surface area contributed by atoms with Crippen LogP contribution in [0.5, 0.6) is 0 Å². The number of hydrazone groups is 1. The Labute approximate surface area is 156 Å². The van der Waals surface area contributed by atoms with Crippen molar-refractivity contribution in [2.75, 3.05) is 22.3 Å². The lowest BCUT2D eigenvalue weighted by molar-refractivity contribution is -0.113. The number of anilines is 2. The number of nitrogen functional groups attached to an aromatic ring is 1. The van der Waals surface area contributed by atoms with E-state index in [1.165, 1.54) is 16.0 Å². The number of nitrogens with zero attached hydrogens (tertiary/aromatic N) is 6. The number of pyridine rings is 1. The first-order valence-electron chi connectivity index (χ1n) is 7.37. The van der Waals surface area contributed by atoms with Crippen molar-refractivity contribution in [1.29, 1.82) is 0 Å². The van der Waals surface area contributed by atoms with Gasteiger partial charge in [-0.2, -0.15) is 5.10 Å². The van der Waals surface area contributed by atoms with Crippen molar-refractivity contribution in [2.45, 2.75) is 12.1 Å². The molecule has 26 heavy (non-hydrogen) atoms. The van der Waals surface area contributed by atoms with E-state index in [1.807, 2.05) is 19.1 Å². The molecule has 0 unspecified atom stereocenters. The second kappa shape index (κ2) is 8.40. The molecule has 0 radical (unpaired) electrons. The third kappa shape index (κ3) is 4.55. The smallest absolute Gasteiger partial charge is 0.264 e. The summed E-state index contributed by atoms with van der Waals surface area (Å²) >= 11 is 2.51. The number of nitrogens with two attached hydrogens (primary N) is 1. The number of thiazole rings is 1. The third-order valence-corrected chi connectivity index (χ3v) is 4.73. The minimum Gasteiger partial charge on any atom is -0.334 e. The van der Waals surface area contributed by atoms with E-state index in [-0.39, 0.29) is 17.6 Å². The lowest BCUT2D eigenvalue weighted by Gasteiger charge is -2.04. The molecule has 0 saturated heterocycles. The van der Waals surface area contributed by atoms with Crippen molar-refractivity contribution in [1.82, 2.24) is 24.8 Å². The van der Waals surface area contributed by atoms with Crippen molar-refractivity contribution in [3.8, 4) is 0 Å². The van der Waals surface area contributed by atoms with Crippen molar-refractivity contribution in [3.05, 3.63) is 41.7 Å². The number of amides is 1. The standard InChI is InChI=1S/C14H15N9OS2/c1-9(10-2-4-16-5-3-10)19-20-12-21-22-14(23(12)15)26-8-11(24)18-13-17-6-7-25-13/h2-7H,8,15H2,1H3,(H,20,21)(H,17,18,24)/b19-9+. The molecule has 10 nitrogen and oxygen atoms in total. The van der Waals surface area contributed by atoms with Gasteiger partial charge in [-0.05, 0) is 19.1 Å². The number of aromatic nitrogens is 5. The van der Waals surface area contributed by atoms with Gasteiger partial charge in [-0.25, -0.2) is 15.1 Å². The molecule has 12 heteroatoms. The highest BCUT2D eigenvalue weighted by atomic mass is 32.2. The number of carbonyl (C=O) groups is 1. The van der Waals surface area contributed by atoms with Crippen LogP contribution in [0.2, 0.25) is 0 Å². The molecule has 3 rings (SSSR count). The van der Waals surface area contributed by atoms with E-state index < -0.39 is 0 Å². The molecular weight excluding hydrogens is 374 g/mol. The van der Waals surface area contributed by atoms with Crippen molar-refractivity contribution in [2.24, 2.45) is 5.10 Å². The quantitative estimate of drug-likeness (QED) is 0.239. The molecule has 0 aliphatic carbocycles. The Bertz CT molecular complexity index is 893. The van der Waals surface area contributed by atoms with E-state index in [0.717, 1.165) is 23.0 Å². The summed E-state index contributed by atoms with van der Waals surface area (Å²) in [5.41, 5.74) is 4.43. The fourth-order valence-corrected chi connectivity index (χ4v) is 3.02. The Hall–Kier alpha value is -2.99. The molecule has 0 aliphatic heterocycles. The fourth-order valence-electron chi connectivity index (χ4n) is 1.81. The molecule has 0 atom stereocenters. The van der Waals surface area contributed by atoms with Crippen LogP contribution in [-0.2, 0) is 4.79 Å². The molecule has 0 saturated carbocycles. The molecule has 0 bridgehead atoms. The lowest BCUT2D eigenvalue weighted by Crippen LogP contribution is -2.17. The van der Waals surface area contributed by atoms with E-state index in [2.05, 4.69) is 36.0 Å². The molecule has 0 aliphatic rings. The van der Waals surface area contributed by atoms with Crippen LogP contribution in [-0.4, -0.2) is 42.2 Å². The third-order valence-electron chi connectivity index (χ3n) is 3.10. The molecule has 134 valence electrons. The maximum absolute atomic E-state index is 11.9.